The quantitative estimate of drug-likeness (QED) is 0.866. The molecule has 2 aromatic rings. The molecular weight excluding hydrogens is 314 g/mol. The zero-order valence-electron chi connectivity index (χ0n) is 13.2. The topological polar surface area (TPSA) is 82.5 Å². The van der Waals surface area contributed by atoms with Gasteiger partial charge in [0.2, 0.25) is 0 Å². The van der Waals surface area contributed by atoms with Crippen LogP contribution in [0.3, 0.4) is 0 Å². The average Bonchev–Trinajstić information content (AvgIpc) is 2.49. The third-order valence-corrected chi connectivity index (χ3v) is 5.86. The van der Waals surface area contributed by atoms with E-state index < -0.39 is 10.2 Å². The molecule has 23 heavy (non-hydrogen) atoms. The van der Waals surface area contributed by atoms with Crippen LogP contribution >= 0.6 is 0 Å². The van der Waals surface area contributed by atoms with Gasteiger partial charge < -0.3 is 5.11 Å². The highest BCUT2D eigenvalue weighted by molar-refractivity contribution is 7.87. The number of hydrogen-bond donors (Lipinski definition) is 2. The smallest absolute Gasteiger partial charge is 0.279 e. The first-order valence-corrected chi connectivity index (χ1v) is 9.03. The second-order valence-electron chi connectivity index (χ2n) is 6.23. The van der Waals surface area contributed by atoms with Gasteiger partial charge in [-0.05, 0) is 36.5 Å². The number of rotatable bonds is 5. The summed E-state index contributed by atoms with van der Waals surface area (Å²) in [7, 11) is -0.576. The van der Waals surface area contributed by atoms with Crippen LogP contribution in [0.5, 0.6) is 0 Å². The van der Waals surface area contributed by atoms with Crippen molar-refractivity contribution < 1.29 is 13.5 Å². The van der Waals surface area contributed by atoms with E-state index in [1.165, 1.54) is 14.1 Å². The first-order chi connectivity index (χ1) is 10.9. The number of pyridine rings is 1. The molecule has 0 radical (unpaired) electrons. The number of hydrogen-bond acceptors (Lipinski definition) is 4. The van der Waals surface area contributed by atoms with Crippen LogP contribution < -0.4 is 4.72 Å². The molecule has 0 spiro atoms. The van der Waals surface area contributed by atoms with Crippen LogP contribution in [-0.2, 0) is 10.2 Å². The van der Waals surface area contributed by atoms with Crippen LogP contribution in [0, 0.1) is 5.92 Å². The second-order valence-corrected chi connectivity index (χ2v) is 8.15. The number of benzene rings is 1. The molecule has 1 atom stereocenters. The van der Waals surface area contributed by atoms with Crippen LogP contribution in [0.1, 0.15) is 24.4 Å². The minimum Gasteiger partial charge on any atom is -0.393 e. The molecule has 0 bridgehead atoms. The maximum atomic E-state index is 12.2. The van der Waals surface area contributed by atoms with Crippen molar-refractivity contribution in [2.24, 2.45) is 5.92 Å². The second kappa shape index (κ2) is 6.16. The van der Waals surface area contributed by atoms with Crippen molar-refractivity contribution in [2.75, 3.05) is 14.1 Å². The van der Waals surface area contributed by atoms with Crippen molar-refractivity contribution in [2.45, 2.75) is 25.0 Å². The summed E-state index contributed by atoms with van der Waals surface area (Å²) >= 11 is 0. The molecule has 1 heterocycles. The van der Waals surface area contributed by atoms with E-state index in [9.17, 15) is 13.5 Å². The van der Waals surface area contributed by atoms with E-state index >= 15 is 0 Å². The molecule has 124 valence electrons. The highest BCUT2D eigenvalue weighted by atomic mass is 32.2. The van der Waals surface area contributed by atoms with Crippen molar-refractivity contribution in [3.05, 3.63) is 42.1 Å². The molecule has 1 aromatic carbocycles. The van der Waals surface area contributed by atoms with E-state index in [0.717, 1.165) is 20.8 Å². The van der Waals surface area contributed by atoms with Gasteiger partial charge in [-0.15, -0.1) is 0 Å². The zero-order chi connectivity index (χ0) is 16.6. The maximum absolute atomic E-state index is 12.2. The monoisotopic (exact) mass is 335 g/mol. The maximum Gasteiger partial charge on any atom is 0.279 e. The predicted molar refractivity (Wildman–Crippen MR) is 89.0 cm³/mol. The standard InChI is InChI=1S/C16H21N3O3S/c1-19(2)23(21,22)18-16(12-8-14(20)9-12)13-7-11-5-3-4-6-15(11)17-10-13/h3-7,10,12,14,16,18,20H,8-9H2,1-2H3/t12?,14?,16-/m0/s1. The van der Waals surface area contributed by atoms with Crippen LogP contribution in [-0.4, -0.2) is 43.0 Å². The molecule has 1 aliphatic rings. The Labute approximate surface area is 136 Å². The first kappa shape index (κ1) is 16.3. The van der Waals surface area contributed by atoms with E-state index in [2.05, 4.69) is 9.71 Å². The van der Waals surface area contributed by atoms with E-state index in [4.69, 9.17) is 0 Å². The molecule has 0 aliphatic heterocycles. The molecule has 6 nitrogen and oxygen atoms in total. The number of aliphatic hydroxyl groups excluding tert-OH is 1. The largest absolute Gasteiger partial charge is 0.393 e. The van der Waals surface area contributed by atoms with Crippen LogP contribution in [0.2, 0.25) is 0 Å². The van der Waals surface area contributed by atoms with Gasteiger partial charge in [0, 0.05) is 25.7 Å². The van der Waals surface area contributed by atoms with Gasteiger partial charge in [-0.25, -0.2) is 0 Å². The van der Waals surface area contributed by atoms with Gasteiger partial charge in [0.05, 0.1) is 17.7 Å². The van der Waals surface area contributed by atoms with E-state index in [1.807, 2.05) is 30.3 Å². The van der Waals surface area contributed by atoms with Gasteiger partial charge >= 0.3 is 0 Å². The summed E-state index contributed by atoms with van der Waals surface area (Å²) in [5.41, 5.74) is 1.70. The minimum absolute atomic E-state index is 0.0719. The molecule has 0 amide bonds. The fourth-order valence-corrected chi connectivity index (χ4v) is 3.72. The Kier molecular flexibility index (Phi) is 4.37. The third-order valence-electron chi connectivity index (χ3n) is 4.35. The highest BCUT2D eigenvalue weighted by Crippen LogP contribution is 2.38. The fraction of sp³-hybridized carbons (Fsp3) is 0.438. The summed E-state index contributed by atoms with van der Waals surface area (Å²) in [4.78, 5) is 4.43. The Balaban J connectivity index is 1.96. The summed E-state index contributed by atoms with van der Waals surface area (Å²) in [5.74, 6) is 0.0719. The molecule has 2 N–H and O–H groups in total. The lowest BCUT2D eigenvalue weighted by Crippen LogP contribution is -2.45. The number of nitrogens with one attached hydrogen (secondary N) is 1. The number of para-hydroxylation sites is 1. The molecule has 1 aromatic heterocycles. The first-order valence-electron chi connectivity index (χ1n) is 7.59. The van der Waals surface area contributed by atoms with Crippen molar-refractivity contribution in [3.8, 4) is 0 Å². The highest BCUT2D eigenvalue weighted by Gasteiger charge is 2.37. The zero-order valence-corrected chi connectivity index (χ0v) is 14.0. The van der Waals surface area contributed by atoms with Crippen molar-refractivity contribution >= 4 is 21.1 Å². The Morgan fingerprint density at radius 3 is 2.65 bits per heavy atom. The van der Waals surface area contributed by atoms with Crippen molar-refractivity contribution in [1.82, 2.24) is 14.0 Å². The number of nitrogens with zero attached hydrogens (tertiary/aromatic N) is 2. The Bertz CT molecular complexity index is 801. The summed E-state index contributed by atoms with van der Waals surface area (Å²) in [6.45, 7) is 0. The molecule has 7 heteroatoms. The lowest BCUT2D eigenvalue weighted by Gasteiger charge is -2.38. The molecule has 1 saturated carbocycles. The molecule has 0 unspecified atom stereocenters. The molecule has 3 rings (SSSR count). The summed E-state index contributed by atoms with van der Waals surface area (Å²) in [6.07, 6.45) is 2.55. The summed E-state index contributed by atoms with van der Waals surface area (Å²) in [5, 5.41) is 10.6. The molecular formula is C16H21N3O3S. The summed E-state index contributed by atoms with van der Waals surface area (Å²) < 4.78 is 28.4. The Morgan fingerprint density at radius 1 is 1.30 bits per heavy atom. The SMILES string of the molecule is CN(C)S(=O)(=O)N[C@H](c1cnc2ccccc2c1)C1CC(O)C1. The van der Waals surface area contributed by atoms with Gasteiger partial charge in [0.25, 0.3) is 10.2 Å². The van der Waals surface area contributed by atoms with E-state index in [1.54, 1.807) is 6.20 Å². The van der Waals surface area contributed by atoms with Gasteiger partial charge in [-0.2, -0.15) is 17.4 Å². The van der Waals surface area contributed by atoms with Crippen LogP contribution in [0.15, 0.2) is 36.5 Å². The number of aliphatic hydroxyl groups is 1. The number of aromatic nitrogens is 1. The molecule has 0 saturated heterocycles. The van der Waals surface area contributed by atoms with Crippen molar-refractivity contribution in [3.63, 3.8) is 0 Å². The normalized spacial score (nSPS) is 23.0. The van der Waals surface area contributed by atoms with Gasteiger partial charge in [-0.1, -0.05) is 18.2 Å². The van der Waals surface area contributed by atoms with Gasteiger partial charge in [-0.3, -0.25) is 4.98 Å². The fourth-order valence-electron chi connectivity index (χ4n) is 2.86. The van der Waals surface area contributed by atoms with Crippen LogP contribution in [0.4, 0.5) is 0 Å². The van der Waals surface area contributed by atoms with E-state index in [0.29, 0.717) is 12.8 Å². The lowest BCUT2D eigenvalue weighted by atomic mass is 9.75. The summed E-state index contributed by atoms with van der Waals surface area (Å²) in [6, 6.07) is 9.31. The average molecular weight is 335 g/mol. The third kappa shape index (κ3) is 3.37. The van der Waals surface area contributed by atoms with Crippen LogP contribution in [0.25, 0.3) is 10.9 Å². The van der Waals surface area contributed by atoms with Gasteiger partial charge in [0.1, 0.15) is 0 Å². The predicted octanol–water partition coefficient (Wildman–Crippen LogP) is 1.44. The van der Waals surface area contributed by atoms with Gasteiger partial charge in [0.15, 0.2) is 0 Å². The molecule has 1 aliphatic carbocycles. The Morgan fingerprint density at radius 2 is 2.00 bits per heavy atom. The minimum atomic E-state index is -3.56. The van der Waals surface area contributed by atoms with Crippen molar-refractivity contribution in [1.29, 1.82) is 0 Å². The lowest BCUT2D eigenvalue weighted by molar-refractivity contribution is 0.0278. The number of fused-ring (bicyclic) bond motifs is 1. The molecule has 1 fully saturated rings. The Hall–Kier alpha value is -1.54. The van der Waals surface area contributed by atoms with E-state index in [-0.39, 0.29) is 18.1 Å².